The molecule has 146 valence electrons. The highest BCUT2D eigenvalue weighted by Gasteiger charge is 2.38. The molecule has 0 aromatic heterocycles. The van der Waals surface area contributed by atoms with Crippen LogP contribution in [0.25, 0.3) is 5.57 Å². The fraction of sp³-hybridized carbons (Fsp3) is 0.273. The summed E-state index contributed by atoms with van der Waals surface area (Å²) in [5.74, 6) is 0.529. The highest BCUT2D eigenvalue weighted by atomic mass is 16.5. The monoisotopic (exact) mass is 380 g/mol. The number of carbonyl (C=O) groups excluding carboxylic acids is 2. The standard InChI is InChI=1S/C22H24N2O4/c1-5-12-24-21(25)19(15-8-6-14(2)7-9-15)20(22(24)26)23-17-13-16(27-3)10-11-18(17)28-4/h6-11,13,23H,5,12H2,1-4H3. The van der Waals surface area contributed by atoms with Crippen LogP contribution in [0.2, 0.25) is 0 Å². The third-order valence-electron chi connectivity index (χ3n) is 4.62. The first-order valence-electron chi connectivity index (χ1n) is 9.16. The number of amides is 2. The molecule has 28 heavy (non-hydrogen) atoms. The Balaban J connectivity index is 2.11. The number of carbonyl (C=O) groups is 2. The van der Waals surface area contributed by atoms with Gasteiger partial charge in [-0.05, 0) is 31.0 Å². The summed E-state index contributed by atoms with van der Waals surface area (Å²) >= 11 is 0. The summed E-state index contributed by atoms with van der Waals surface area (Å²) in [5.41, 5.74) is 2.94. The molecule has 0 spiro atoms. The summed E-state index contributed by atoms with van der Waals surface area (Å²) in [6, 6.07) is 12.8. The molecule has 0 unspecified atom stereocenters. The van der Waals surface area contributed by atoms with Gasteiger partial charge in [0.1, 0.15) is 17.2 Å². The Kier molecular flexibility index (Phi) is 5.68. The first-order valence-corrected chi connectivity index (χ1v) is 9.16. The number of imide groups is 1. The Morgan fingerprint density at radius 3 is 2.29 bits per heavy atom. The smallest absolute Gasteiger partial charge is 0.278 e. The van der Waals surface area contributed by atoms with E-state index in [1.54, 1.807) is 32.4 Å². The zero-order chi connectivity index (χ0) is 20.3. The van der Waals surface area contributed by atoms with Crippen molar-refractivity contribution in [3.8, 4) is 11.5 Å². The SMILES string of the molecule is CCCN1C(=O)C(Nc2cc(OC)ccc2OC)=C(c2ccc(C)cc2)C1=O. The van der Waals surface area contributed by atoms with Crippen molar-refractivity contribution in [3.63, 3.8) is 0 Å². The van der Waals surface area contributed by atoms with Gasteiger partial charge in [-0.25, -0.2) is 0 Å². The van der Waals surface area contributed by atoms with E-state index in [0.29, 0.717) is 41.3 Å². The topological polar surface area (TPSA) is 67.9 Å². The summed E-state index contributed by atoms with van der Waals surface area (Å²) in [6.45, 7) is 4.28. The zero-order valence-electron chi connectivity index (χ0n) is 16.5. The summed E-state index contributed by atoms with van der Waals surface area (Å²) in [7, 11) is 3.11. The van der Waals surface area contributed by atoms with E-state index in [9.17, 15) is 9.59 Å². The fourth-order valence-corrected chi connectivity index (χ4v) is 3.15. The first kappa shape index (κ1) is 19.5. The molecule has 6 heteroatoms. The van der Waals surface area contributed by atoms with E-state index in [4.69, 9.17) is 9.47 Å². The maximum atomic E-state index is 13.0. The third-order valence-corrected chi connectivity index (χ3v) is 4.62. The van der Waals surface area contributed by atoms with Crippen molar-refractivity contribution in [2.75, 3.05) is 26.1 Å². The largest absolute Gasteiger partial charge is 0.497 e. The number of benzene rings is 2. The molecule has 0 saturated carbocycles. The number of rotatable bonds is 7. The number of hydrogen-bond donors (Lipinski definition) is 1. The minimum Gasteiger partial charge on any atom is -0.497 e. The van der Waals surface area contributed by atoms with Gasteiger partial charge in [-0.2, -0.15) is 0 Å². The van der Waals surface area contributed by atoms with E-state index >= 15 is 0 Å². The fourth-order valence-electron chi connectivity index (χ4n) is 3.15. The van der Waals surface area contributed by atoms with Gasteiger partial charge in [0.05, 0.1) is 25.5 Å². The van der Waals surface area contributed by atoms with E-state index in [1.165, 1.54) is 4.90 Å². The Morgan fingerprint density at radius 2 is 1.68 bits per heavy atom. The lowest BCUT2D eigenvalue weighted by Crippen LogP contribution is -2.33. The molecule has 0 saturated heterocycles. The molecule has 0 aliphatic carbocycles. The second-order valence-electron chi connectivity index (χ2n) is 6.57. The molecule has 3 rings (SSSR count). The zero-order valence-corrected chi connectivity index (χ0v) is 16.5. The molecule has 2 amide bonds. The molecule has 0 bridgehead atoms. The molecule has 6 nitrogen and oxygen atoms in total. The Labute approximate surface area is 164 Å². The molecular formula is C22H24N2O4. The third kappa shape index (κ3) is 3.58. The normalized spacial score (nSPS) is 13.9. The quantitative estimate of drug-likeness (QED) is 0.743. The van der Waals surface area contributed by atoms with Gasteiger partial charge in [0, 0.05) is 12.6 Å². The van der Waals surface area contributed by atoms with Crippen LogP contribution in [0, 0.1) is 6.92 Å². The number of anilines is 1. The molecule has 1 aliphatic heterocycles. The van der Waals surface area contributed by atoms with E-state index in [0.717, 1.165) is 5.56 Å². The average molecular weight is 380 g/mol. The summed E-state index contributed by atoms with van der Waals surface area (Å²) in [4.78, 5) is 27.3. The van der Waals surface area contributed by atoms with Crippen LogP contribution in [0.1, 0.15) is 24.5 Å². The van der Waals surface area contributed by atoms with E-state index in [-0.39, 0.29) is 17.5 Å². The molecule has 0 atom stereocenters. The van der Waals surface area contributed by atoms with Crippen LogP contribution in [0.5, 0.6) is 11.5 Å². The second kappa shape index (κ2) is 8.17. The van der Waals surface area contributed by atoms with Crippen LogP contribution in [-0.2, 0) is 9.59 Å². The lowest BCUT2D eigenvalue weighted by Gasteiger charge is -2.15. The molecule has 0 fully saturated rings. The van der Waals surface area contributed by atoms with E-state index in [1.807, 2.05) is 38.1 Å². The van der Waals surface area contributed by atoms with Crippen molar-refractivity contribution >= 4 is 23.1 Å². The van der Waals surface area contributed by atoms with Gasteiger partial charge in [-0.15, -0.1) is 0 Å². The van der Waals surface area contributed by atoms with Crippen LogP contribution >= 0.6 is 0 Å². The molecule has 1 aliphatic rings. The van der Waals surface area contributed by atoms with Gasteiger partial charge in [0.15, 0.2) is 0 Å². The van der Waals surface area contributed by atoms with Gasteiger partial charge in [-0.3, -0.25) is 14.5 Å². The summed E-state index contributed by atoms with van der Waals surface area (Å²) in [5, 5.41) is 3.13. The van der Waals surface area contributed by atoms with Gasteiger partial charge < -0.3 is 14.8 Å². The first-order chi connectivity index (χ1) is 13.5. The minimum atomic E-state index is -0.340. The van der Waals surface area contributed by atoms with Crippen molar-refractivity contribution in [2.45, 2.75) is 20.3 Å². The predicted molar refractivity (Wildman–Crippen MR) is 108 cm³/mol. The van der Waals surface area contributed by atoms with Crippen LogP contribution in [0.3, 0.4) is 0 Å². The van der Waals surface area contributed by atoms with Crippen molar-refractivity contribution in [2.24, 2.45) is 0 Å². The van der Waals surface area contributed by atoms with E-state index < -0.39 is 0 Å². The highest BCUT2D eigenvalue weighted by molar-refractivity contribution is 6.36. The van der Waals surface area contributed by atoms with Crippen LogP contribution in [0.15, 0.2) is 48.2 Å². The van der Waals surface area contributed by atoms with Crippen LogP contribution in [0.4, 0.5) is 5.69 Å². The molecule has 1 heterocycles. The van der Waals surface area contributed by atoms with Crippen molar-refractivity contribution < 1.29 is 19.1 Å². The number of ether oxygens (including phenoxy) is 2. The number of methoxy groups -OCH3 is 2. The van der Waals surface area contributed by atoms with Crippen LogP contribution < -0.4 is 14.8 Å². The van der Waals surface area contributed by atoms with Gasteiger partial charge in [0.25, 0.3) is 11.8 Å². The molecular weight excluding hydrogens is 356 g/mol. The van der Waals surface area contributed by atoms with E-state index in [2.05, 4.69) is 5.32 Å². The number of hydrogen-bond acceptors (Lipinski definition) is 5. The Morgan fingerprint density at radius 1 is 0.964 bits per heavy atom. The van der Waals surface area contributed by atoms with Gasteiger partial charge in [0.2, 0.25) is 0 Å². The lowest BCUT2D eigenvalue weighted by atomic mass is 10.0. The molecule has 2 aromatic carbocycles. The van der Waals surface area contributed by atoms with Crippen molar-refractivity contribution in [1.29, 1.82) is 0 Å². The Hall–Kier alpha value is -3.28. The van der Waals surface area contributed by atoms with Crippen molar-refractivity contribution in [1.82, 2.24) is 4.90 Å². The number of nitrogens with zero attached hydrogens (tertiary/aromatic N) is 1. The number of nitrogens with one attached hydrogen (secondary N) is 1. The lowest BCUT2D eigenvalue weighted by molar-refractivity contribution is -0.136. The molecule has 2 aromatic rings. The summed E-state index contributed by atoms with van der Waals surface area (Å²) < 4.78 is 10.7. The maximum absolute atomic E-state index is 13.0. The highest BCUT2D eigenvalue weighted by Crippen LogP contribution is 2.35. The van der Waals surface area contributed by atoms with Crippen LogP contribution in [-0.4, -0.2) is 37.5 Å². The maximum Gasteiger partial charge on any atom is 0.278 e. The minimum absolute atomic E-state index is 0.244. The van der Waals surface area contributed by atoms with Gasteiger partial charge >= 0.3 is 0 Å². The summed E-state index contributed by atoms with van der Waals surface area (Å²) in [6.07, 6.45) is 0.689. The Bertz CT molecular complexity index is 932. The second-order valence-corrected chi connectivity index (χ2v) is 6.57. The molecule has 0 radical (unpaired) electrons. The average Bonchev–Trinajstić information content (AvgIpc) is 2.93. The van der Waals surface area contributed by atoms with Crippen molar-refractivity contribution in [3.05, 3.63) is 59.3 Å². The van der Waals surface area contributed by atoms with Gasteiger partial charge in [-0.1, -0.05) is 36.8 Å². The number of aryl methyl sites for hydroxylation is 1. The molecule has 1 N–H and O–H groups in total. The predicted octanol–water partition coefficient (Wildman–Crippen LogP) is 3.61.